The number of benzene rings is 2. The quantitative estimate of drug-likeness (QED) is 0.218. The molecule has 8 heteroatoms. The van der Waals surface area contributed by atoms with Crippen LogP contribution in [-0.2, 0) is 16.1 Å². The van der Waals surface area contributed by atoms with Gasteiger partial charge in [-0.2, -0.15) is 0 Å². The van der Waals surface area contributed by atoms with Gasteiger partial charge in [-0.05, 0) is 49.1 Å². The SMILES string of the molecule is CCCCOc1ccc(C2C(C(=O)C=Cc3ccccc3)=C(O)C(=O)N2CCCn2ccnc2)cc1OCC. The van der Waals surface area contributed by atoms with E-state index in [1.165, 1.54) is 6.08 Å². The number of aliphatic hydroxyl groups excluding tert-OH is 1. The van der Waals surface area contributed by atoms with Crippen molar-refractivity contribution in [2.45, 2.75) is 45.7 Å². The van der Waals surface area contributed by atoms with E-state index in [0.29, 0.717) is 49.8 Å². The molecule has 1 unspecified atom stereocenters. The lowest BCUT2D eigenvalue weighted by Gasteiger charge is -2.27. The number of ketones is 1. The molecule has 0 saturated heterocycles. The molecule has 0 bridgehead atoms. The van der Waals surface area contributed by atoms with Gasteiger partial charge in [-0.3, -0.25) is 9.59 Å². The normalized spacial score (nSPS) is 15.4. The van der Waals surface area contributed by atoms with Crippen molar-refractivity contribution in [3.05, 3.63) is 95.8 Å². The summed E-state index contributed by atoms with van der Waals surface area (Å²) in [5, 5.41) is 10.9. The van der Waals surface area contributed by atoms with Gasteiger partial charge >= 0.3 is 0 Å². The van der Waals surface area contributed by atoms with E-state index in [-0.39, 0.29) is 5.57 Å². The van der Waals surface area contributed by atoms with E-state index >= 15 is 0 Å². The highest BCUT2D eigenvalue weighted by atomic mass is 16.5. The fourth-order valence-electron chi connectivity index (χ4n) is 4.56. The lowest BCUT2D eigenvalue weighted by Crippen LogP contribution is -2.32. The summed E-state index contributed by atoms with van der Waals surface area (Å²) in [4.78, 5) is 32.4. The van der Waals surface area contributed by atoms with Gasteiger partial charge in [0.2, 0.25) is 0 Å². The van der Waals surface area contributed by atoms with E-state index in [4.69, 9.17) is 9.47 Å². The second-order valence-corrected chi connectivity index (χ2v) is 9.27. The highest BCUT2D eigenvalue weighted by molar-refractivity contribution is 6.14. The van der Waals surface area contributed by atoms with E-state index in [1.54, 1.807) is 35.6 Å². The summed E-state index contributed by atoms with van der Waals surface area (Å²) in [6, 6.07) is 14.1. The van der Waals surface area contributed by atoms with Crippen LogP contribution < -0.4 is 9.47 Å². The highest BCUT2D eigenvalue weighted by Gasteiger charge is 2.42. The van der Waals surface area contributed by atoms with E-state index in [1.807, 2.05) is 54.1 Å². The molecular weight excluding hydrogens is 494 g/mol. The van der Waals surface area contributed by atoms with Crippen LogP contribution in [0.4, 0.5) is 0 Å². The number of aromatic nitrogens is 2. The van der Waals surface area contributed by atoms with Crippen molar-refractivity contribution in [2.24, 2.45) is 0 Å². The minimum atomic E-state index is -0.767. The lowest BCUT2D eigenvalue weighted by atomic mass is 9.95. The standard InChI is InChI=1S/C31H35N3O5/c1-3-5-20-39-26-15-13-24(21-27(26)38-4-2)29-28(25(35)14-12-23-10-7-6-8-11-23)30(36)31(37)34(29)18-9-17-33-19-16-32-22-33/h6-8,10-16,19,21-22,29,36H,3-5,9,17-18,20H2,1-2H3. The summed E-state index contributed by atoms with van der Waals surface area (Å²) in [6.45, 7) is 5.95. The summed E-state index contributed by atoms with van der Waals surface area (Å²) in [5.41, 5.74) is 1.56. The van der Waals surface area contributed by atoms with Crippen molar-refractivity contribution >= 4 is 17.8 Å². The van der Waals surface area contributed by atoms with Crippen LogP contribution in [0.3, 0.4) is 0 Å². The van der Waals surface area contributed by atoms with Gasteiger partial charge in [-0.1, -0.05) is 55.8 Å². The molecule has 1 atom stereocenters. The van der Waals surface area contributed by atoms with Gasteiger partial charge in [-0.15, -0.1) is 0 Å². The Morgan fingerprint density at radius 1 is 1.05 bits per heavy atom. The van der Waals surface area contributed by atoms with Crippen LogP contribution in [-0.4, -0.2) is 51.0 Å². The van der Waals surface area contributed by atoms with Crippen LogP contribution in [0.1, 0.15) is 50.3 Å². The van der Waals surface area contributed by atoms with Crippen LogP contribution in [0.2, 0.25) is 0 Å². The zero-order valence-corrected chi connectivity index (χ0v) is 22.5. The molecule has 1 N–H and O–H groups in total. The first-order valence-corrected chi connectivity index (χ1v) is 13.4. The second kappa shape index (κ2) is 13.5. The number of nitrogens with zero attached hydrogens (tertiary/aromatic N) is 3. The minimum absolute atomic E-state index is 0.0527. The Balaban J connectivity index is 1.67. The van der Waals surface area contributed by atoms with Crippen molar-refractivity contribution in [3.8, 4) is 11.5 Å². The molecule has 39 heavy (non-hydrogen) atoms. The number of rotatable bonds is 14. The first kappa shape index (κ1) is 27.7. The molecule has 1 aliphatic heterocycles. The van der Waals surface area contributed by atoms with Crippen LogP contribution in [0, 0.1) is 0 Å². The fraction of sp³-hybridized carbons (Fsp3) is 0.323. The maximum Gasteiger partial charge on any atom is 0.290 e. The minimum Gasteiger partial charge on any atom is -0.503 e. The summed E-state index contributed by atoms with van der Waals surface area (Å²) >= 11 is 0. The number of unbranched alkanes of at least 4 members (excludes halogenated alkanes) is 1. The van der Waals surface area contributed by atoms with E-state index in [9.17, 15) is 14.7 Å². The zero-order valence-electron chi connectivity index (χ0n) is 22.5. The molecule has 2 aromatic carbocycles. The van der Waals surface area contributed by atoms with Gasteiger partial charge in [-0.25, -0.2) is 4.98 Å². The summed E-state index contributed by atoms with van der Waals surface area (Å²) < 4.78 is 13.7. The van der Waals surface area contributed by atoms with Crippen molar-refractivity contribution in [2.75, 3.05) is 19.8 Å². The first-order valence-electron chi connectivity index (χ1n) is 13.4. The number of aryl methyl sites for hydroxylation is 1. The molecule has 1 aliphatic rings. The zero-order chi connectivity index (χ0) is 27.6. The number of imidazole rings is 1. The molecule has 1 aromatic heterocycles. The smallest absolute Gasteiger partial charge is 0.290 e. The number of allylic oxidation sites excluding steroid dienone is 1. The van der Waals surface area contributed by atoms with Crippen LogP contribution in [0.25, 0.3) is 6.08 Å². The highest BCUT2D eigenvalue weighted by Crippen LogP contribution is 2.41. The van der Waals surface area contributed by atoms with Gasteiger partial charge in [0.15, 0.2) is 23.0 Å². The van der Waals surface area contributed by atoms with Gasteiger partial charge in [0, 0.05) is 25.5 Å². The Morgan fingerprint density at radius 3 is 2.59 bits per heavy atom. The van der Waals surface area contributed by atoms with Crippen molar-refractivity contribution in [1.82, 2.24) is 14.5 Å². The molecule has 0 radical (unpaired) electrons. The fourth-order valence-corrected chi connectivity index (χ4v) is 4.56. The molecule has 204 valence electrons. The second-order valence-electron chi connectivity index (χ2n) is 9.27. The maximum absolute atomic E-state index is 13.5. The van der Waals surface area contributed by atoms with Crippen molar-refractivity contribution in [1.29, 1.82) is 0 Å². The summed E-state index contributed by atoms with van der Waals surface area (Å²) in [6.07, 6.45) is 10.9. The third kappa shape index (κ3) is 6.76. The number of carbonyl (C=O) groups is 2. The van der Waals surface area contributed by atoms with Crippen LogP contribution >= 0.6 is 0 Å². The number of aliphatic hydroxyl groups is 1. The molecule has 0 saturated carbocycles. The Bertz CT molecular complexity index is 1320. The van der Waals surface area contributed by atoms with Gasteiger partial charge in [0.05, 0.1) is 31.2 Å². The van der Waals surface area contributed by atoms with E-state index in [2.05, 4.69) is 11.9 Å². The molecule has 3 aromatic rings. The summed E-state index contributed by atoms with van der Waals surface area (Å²) in [5.74, 6) is -0.368. The van der Waals surface area contributed by atoms with E-state index < -0.39 is 23.5 Å². The molecule has 2 heterocycles. The molecular formula is C31H35N3O5. The lowest BCUT2D eigenvalue weighted by molar-refractivity contribution is -0.129. The van der Waals surface area contributed by atoms with Crippen LogP contribution in [0.5, 0.6) is 11.5 Å². The largest absolute Gasteiger partial charge is 0.503 e. The maximum atomic E-state index is 13.5. The number of amides is 1. The monoisotopic (exact) mass is 529 g/mol. The Kier molecular flexibility index (Phi) is 9.56. The Labute approximate surface area is 229 Å². The average Bonchev–Trinajstić information content (AvgIpc) is 3.56. The molecule has 0 aliphatic carbocycles. The third-order valence-electron chi connectivity index (χ3n) is 6.51. The van der Waals surface area contributed by atoms with Gasteiger partial charge < -0.3 is 24.0 Å². The third-order valence-corrected chi connectivity index (χ3v) is 6.51. The van der Waals surface area contributed by atoms with Crippen molar-refractivity contribution in [3.63, 3.8) is 0 Å². The first-order chi connectivity index (χ1) is 19.0. The van der Waals surface area contributed by atoms with Crippen LogP contribution in [0.15, 0.2) is 84.7 Å². The van der Waals surface area contributed by atoms with Gasteiger partial charge in [0.1, 0.15) is 0 Å². The average molecular weight is 530 g/mol. The topological polar surface area (TPSA) is 93.9 Å². The number of carbonyl (C=O) groups excluding carboxylic acids is 2. The Hall–Kier alpha value is -4.33. The molecule has 8 nitrogen and oxygen atoms in total. The van der Waals surface area contributed by atoms with Crippen molar-refractivity contribution < 1.29 is 24.2 Å². The Morgan fingerprint density at radius 2 is 1.87 bits per heavy atom. The molecule has 1 amide bonds. The summed E-state index contributed by atoms with van der Waals surface area (Å²) in [7, 11) is 0. The van der Waals surface area contributed by atoms with Gasteiger partial charge in [0.25, 0.3) is 5.91 Å². The predicted molar refractivity (Wildman–Crippen MR) is 149 cm³/mol. The van der Waals surface area contributed by atoms with E-state index in [0.717, 1.165) is 18.4 Å². The number of ether oxygens (including phenoxy) is 2. The predicted octanol–water partition coefficient (Wildman–Crippen LogP) is 5.53. The number of hydrogen-bond acceptors (Lipinski definition) is 6. The molecule has 0 spiro atoms. The molecule has 4 rings (SSSR count). The molecule has 0 fully saturated rings. The number of hydrogen-bond donors (Lipinski definition) is 1.